The van der Waals surface area contributed by atoms with Crippen LogP contribution in [0.2, 0.25) is 0 Å². The molecule has 0 aliphatic carbocycles. The van der Waals surface area contributed by atoms with Gasteiger partial charge in [-0.05, 0) is 24.3 Å². The van der Waals surface area contributed by atoms with Crippen molar-refractivity contribution in [1.82, 2.24) is 5.32 Å². The van der Waals surface area contributed by atoms with E-state index >= 15 is 0 Å². The fraction of sp³-hybridized carbons (Fsp3) is 0.133. The maximum Gasteiger partial charge on any atom is 0.255 e. The van der Waals surface area contributed by atoms with Gasteiger partial charge in [0.05, 0.1) is 23.5 Å². The average molecular weight is 286 g/mol. The number of rotatable bonds is 3. The zero-order valence-corrected chi connectivity index (χ0v) is 11.5. The van der Waals surface area contributed by atoms with Gasteiger partial charge in [-0.25, -0.2) is 0 Å². The van der Waals surface area contributed by atoms with Crippen molar-refractivity contribution in [1.29, 1.82) is 0 Å². The average Bonchev–Trinajstić information content (AvgIpc) is 2.91. The van der Waals surface area contributed by atoms with Gasteiger partial charge in [0.1, 0.15) is 5.75 Å². The van der Waals surface area contributed by atoms with E-state index in [1.54, 1.807) is 18.2 Å². The van der Waals surface area contributed by atoms with Gasteiger partial charge in [0.25, 0.3) is 5.91 Å². The van der Waals surface area contributed by atoms with Crippen molar-refractivity contribution in [3.63, 3.8) is 0 Å². The maximum absolute atomic E-state index is 11.9. The Morgan fingerprint density at radius 3 is 2.85 bits per heavy atom. The highest BCUT2D eigenvalue weighted by atomic mass is 32.1. The molecule has 0 saturated carbocycles. The van der Waals surface area contributed by atoms with E-state index in [0.29, 0.717) is 13.1 Å². The van der Waals surface area contributed by atoms with Crippen LogP contribution < -0.4 is 11.1 Å². The molecule has 0 spiro atoms. The second-order valence-electron chi connectivity index (χ2n) is 3.97. The number of benzene rings is 1. The number of para-hydroxylation sites is 1. The fourth-order valence-corrected chi connectivity index (χ4v) is 2.43. The van der Waals surface area contributed by atoms with Gasteiger partial charge in [-0.15, -0.1) is 11.3 Å². The molecule has 0 saturated heterocycles. The molecule has 1 aromatic heterocycles. The first kappa shape index (κ1) is 14.1. The Kier molecular flexibility index (Phi) is 4.77. The molecule has 1 amide bonds. The molecule has 1 heterocycles. The lowest BCUT2D eigenvalue weighted by Crippen LogP contribution is -2.22. The minimum atomic E-state index is -0.300. The van der Waals surface area contributed by atoms with Crippen LogP contribution in [0, 0.1) is 11.8 Å². The molecule has 102 valence electrons. The number of carbonyl (C=O) groups excluding carboxylic acids is 1. The van der Waals surface area contributed by atoms with Crippen LogP contribution in [0.1, 0.15) is 20.1 Å². The quantitative estimate of drug-likeness (QED) is 0.752. The summed E-state index contributed by atoms with van der Waals surface area (Å²) in [7, 11) is 0. The molecular formula is C15H14N2O2S. The van der Waals surface area contributed by atoms with Crippen molar-refractivity contribution >= 4 is 17.2 Å². The largest absolute Gasteiger partial charge is 0.507 e. The topological polar surface area (TPSA) is 75.3 Å². The molecule has 0 unspecified atom stereocenters. The van der Waals surface area contributed by atoms with E-state index in [9.17, 15) is 9.90 Å². The number of carbonyl (C=O) groups is 1. The Hall–Kier alpha value is -2.29. The summed E-state index contributed by atoms with van der Waals surface area (Å²) in [6.07, 6.45) is 0. The first-order chi connectivity index (χ1) is 9.70. The van der Waals surface area contributed by atoms with Crippen LogP contribution in [-0.2, 0) is 6.54 Å². The minimum absolute atomic E-state index is 0.0225. The van der Waals surface area contributed by atoms with Gasteiger partial charge in [-0.1, -0.05) is 24.0 Å². The summed E-state index contributed by atoms with van der Waals surface area (Å²) in [4.78, 5) is 13.8. The SMILES string of the molecule is NCC#Cc1ccc(CNC(=O)c2ccccc2O)s1. The van der Waals surface area contributed by atoms with Crippen LogP contribution >= 0.6 is 11.3 Å². The molecule has 1 aromatic carbocycles. The molecule has 0 bridgehead atoms. The number of phenols is 1. The summed E-state index contributed by atoms with van der Waals surface area (Å²) in [6, 6.07) is 10.3. The first-order valence-electron chi connectivity index (χ1n) is 6.04. The van der Waals surface area contributed by atoms with Crippen LogP contribution in [-0.4, -0.2) is 17.6 Å². The molecule has 0 aliphatic rings. The zero-order valence-electron chi connectivity index (χ0n) is 10.7. The molecular weight excluding hydrogens is 272 g/mol. The number of nitrogens with one attached hydrogen (secondary N) is 1. The van der Waals surface area contributed by atoms with E-state index in [1.165, 1.54) is 17.4 Å². The van der Waals surface area contributed by atoms with Gasteiger partial charge in [-0.2, -0.15) is 0 Å². The smallest absolute Gasteiger partial charge is 0.255 e. The molecule has 0 aliphatic heterocycles. The van der Waals surface area contributed by atoms with Gasteiger partial charge in [0.2, 0.25) is 0 Å². The predicted octanol–water partition coefficient (Wildman–Crippen LogP) is 1.69. The van der Waals surface area contributed by atoms with Gasteiger partial charge in [-0.3, -0.25) is 4.79 Å². The van der Waals surface area contributed by atoms with E-state index in [-0.39, 0.29) is 17.2 Å². The number of amides is 1. The second-order valence-corrected chi connectivity index (χ2v) is 5.14. The standard InChI is InChI=1S/C15H14N2O2S/c16-9-3-4-11-7-8-12(20-11)10-17-15(19)13-5-1-2-6-14(13)18/h1-2,5-8,18H,9-10,16H2,(H,17,19). The Bertz CT molecular complexity index is 668. The third-order valence-electron chi connectivity index (χ3n) is 2.55. The molecule has 5 heteroatoms. The van der Waals surface area contributed by atoms with E-state index in [1.807, 2.05) is 12.1 Å². The van der Waals surface area contributed by atoms with Crippen molar-refractivity contribution in [2.24, 2.45) is 5.73 Å². The van der Waals surface area contributed by atoms with Crippen LogP contribution in [0.25, 0.3) is 0 Å². The number of nitrogens with two attached hydrogens (primary N) is 1. The molecule has 20 heavy (non-hydrogen) atoms. The van der Waals surface area contributed by atoms with E-state index < -0.39 is 0 Å². The summed E-state index contributed by atoms with van der Waals surface area (Å²) < 4.78 is 0. The van der Waals surface area contributed by atoms with Crippen LogP contribution in [0.15, 0.2) is 36.4 Å². The number of aromatic hydroxyl groups is 1. The minimum Gasteiger partial charge on any atom is -0.507 e. The Morgan fingerprint density at radius 2 is 2.10 bits per heavy atom. The summed E-state index contributed by atoms with van der Waals surface area (Å²) >= 11 is 1.51. The summed E-state index contributed by atoms with van der Waals surface area (Å²) in [5.74, 6) is 5.41. The Balaban J connectivity index is 1.97. The number of thiophene rings is 1. The van der Waals surface area contributed by atoms with Crippen molar-refractivity contribution in [2.45, 2.75) is 6.54 Å². The van der Waals surface area contributed by atoms with E-state index in [0.717, 1.165) is 9.75 Å². The lowest BCUT2D eigenvalue weighted by molar-refractivity contribution is 0.0948. The molecule has 2 rings (SSSR count). The first-order valence-corrected chi connectivity index (χ1v) is 6.86. The number of phenolic OH excluding ortho intramolecular Hbond substituents is 1. The Labute approximate surface area is 121 Å². The molecule has 0 fully saturated rings. The molecule has 0 radical (unpaired) electrons. The van der Waals surface area contributed by atoms with Crippen molar-refractivity contribution in [3.05, 3.63) is 51.7 Å². The van der Waals surface area contributed by atoms with Crippen molar-refractivity contribution < 1.29 is 9.90 Å². The highest BCUT2D eigenvalue weighted by Crippen LogP contribution is 2.17. The van der Waals surface area contributed by atoms with Crippen LogP contribution in [0.4, 0.5) is 0 Å². The number of hydrogen-bond donors (Lipinski definition) is 3. The van der Waals surface area contributed by atoms with E-state index in [4.69, 9.17) is 5.73 Å². The van der Waals surface area contributed by atoms with Crippen LogP contribution in [0.5, 0.6) is 5.75 Å². The molecule has 2 aromatic rings. The van der Waals surface area contributed by atoms with Gasteiger partial charge < -0.3 is 16.2 Å². The monoisotopic (exact) mass is 286 g/mol. The zero-order chi connectivity index (χ0) is 14.4. The molecule has 4 nitrogen and oxygen atoms in total. The lowest BCUT2D eigenvalue weighted by atomic mass is 10.2. The van der Waals surface area contributed by atoms with Gasteiger partial charge in [0.15, 0.2) is 0 Å². The van der Waals surface area contributed by atoms with Crippen molar-refractivity contribution in [2.75, 3.05) is 6.54 Å². The highest BCUT2D eigenvalue weighted by Gasteiger charge is 2.09. The summed E-state index contributed by atoms with van der Waals surface area (Å²) in [5.41, 5.74) is 5.58. The normalized spacial score (nSPS) is 9.65. The molecule has 0 atom stereocenters. The highest BCUT2D eigenvalue weighted by molar-refractivity contribution is 7.12. The maximum atomic E-state index is 11.9. The Morgan fingerprint density at radius 1 is 1.30 bits per heavy atom. The molecule has 4 N–H and O–H groups in total. The fourth-order valence-electron chi connectivity index (χ4n) is 1.61. The summed E-state index contributed by atoms with van der Waals surface area (Å²) in [6.45, 7) is 0.736. The third-order valence-corrected chi connectivity index (χ3v) is 3.55. The number of hydrogen-bond acceptors (Lipinski definition) is 4. The van der Waals surface area contributed by atoms with Crippen molar-refractivity contribution in [3.8, 4) is 17.6 Å². The third kappa shape index (κ3) is 3.60. The predicted molar refractivity (Wildman–Crippen MR) is 79.5 cm³/mol. The second kappa shape index (κ2) is 6.75. The summed E-state index contributed by atoms with van der Waals surface area (Å²) in [5, 5.41) is 12.4. The van der Waals surface area contributed by atoms with Gasteiger partial charge in [0, 0.05) is 4.88 Å². The van der Waals surface area contributed by atoms with Gasteiger partial charge >= 0.3 is 0 Å². The van der Waals surface area contributed by atoms with E-state index in [2.05, 4.69) is 17.2 Å². The van der Waals surface area contributed by atoms with Crippen LogP contribution in [0.3, 0.4) is 0 Å². The lowest BCUT2D eigenvalue weighted by Gasteiger charge is -2.05.